The highest BCUT2D eigenvalue weighted by atomic mass is 35.5. The fourth-order valence-electron chi connectivity index (χ4n) is 2.63. The minimum absolute atomic E-state index is 0.0481. The summed E-state index contributed by atoms with van der Waals surface area (Å²) >= 11 is 6.01. The van der Waals surface area contributed by atoms with Gasteiger partial charge in [0.2, 0.25) is 15.9 Å². The van der Waals surface area contributed by atoms with Gasteiger partial charge in [0.1, 0.15) is 18.9 Å². The minimum atomic E-state index is -3.62. The first kappa shape index (κ1) is 23.0. The van der Waals surface area contributed by atoms with Crippen LogP contribution in [0.2, 0.25) is 5.02 Å². The zero-order chi connectivity index (χ0) is 21.7. The highest BCUT2D eigenvalue weighted by molar-refractivity contribution is 7.92. The van der Waals surface area contributed by atoms with Crippen LogP contribution < -0.4 is 14.4 Å². The van der Waals surface area contributed by atoms with Crippen LogP contribution in [0.1, 0.15) is 26.3 Å². The molecule has 0 bridgehead atoms. The Morgan fingerprint density at radius 2 is 1.72 bits per heavy atom. The lowest BCUT2D eigenvalue weighted by Gasteiger charge is -2.24. The van der Waals surface area contributed by atoms with Crippen molar-refractivity contribution in [2.24, 2.45) is 0 Å². The van der Waals surface area contributed by atoms with Crippen molar-refractivity contribution in [2.45, 2.75) is 26.2 Å². The molecule has 0 saturated heterocycles. The SMILES string of the molecule is CC(C)(C)c1ccc(N(CC(=O)NCCOc2ccccc2Cl)S(C)(=O)=O)cc1. The lowest BCUT2D eigenvalue weighted by molar-refractivity contribution is -0.119. The number of amides is 1. The molecule has 0 fully saturated rings. The van der Waals surface area contributed by atoms with Crippen LogP contribution in [0.4, 0.5) is 5.69 Å². The van der Waals surface area contributed by atoms with Gasteiger partial charge in [-0.05, 0) is 35.2 Å². The third-order valence-corrected chi connectivity index (χ3v) is 5.68. The van der Waals surface area contributed by atoms with Gasteiger partial charge in [0.05, 0.1) is 23.5 Å². The molecule has 2 aromatic carbocycles. The van der Waals surface area contributed by atoms with Crippen LogP contribution in [0.25, 0.3) is 0 Å². The number of carbonyl (C=O) groups excluding carboxylic acids is 1. The van der Waals surface area contributed by atoms with Crippen LogP contribution in [-0.2, 0) is 20.2 Å². The number of benzene rings is 2. The van der Waals surface area contributed by atoms with E-state index in [1.165, 1.54) is 0 Å². The molecule has 0 radical (unpaired) electrons. The standard InChI is InChI=1S/C21H27ClN2O4S/c1-21(2,3)16-9-11-17(12-10-16)24(29(4,26)27)15-20(25)23-13-14-28-19-8-6-5-7-18(19)22/h5-12H,13-15H2,1-4H3,(H,23,25). The Balaban J connectivity index is 1.96. The van der Waals surface area contributed by atoms with Crippen molar-refractivity contribution < 1.29 is 17.9 Å². The molecule has 0 aliphatic heterocycles. The van der Waals surface area contributed by atoms with Crippen LogP contribution in [0.3, 0.4) is 0 Å². The van der Waals surface area contributed by atoms with Crippen LogP contribution in [0.15, 0.2) is 48.5 Å². The second kappa shape index (κ2) is 9.50. The molecule has 0 aromatic heterocycles. The first-order valence-corrected chi connectivity index (χ1v) is 11.4. The molecule has 158 valence electrons. The molecule has 2 rings (SSSR count). The molecule has 2 aromatic rings. The molecular formula is C21H27ClN2O4S. The fraction of sp³-hybridized carbons (Fsp3) is 0.381. The molecule has 29 heavy (non-hydrogen) atoms. The molecule has 6 nitrogen and oxygen atoms in total. The molecule has 0 saturated carbocycles. The Morgan fingerprint density at radius 3 is 2.28 bits per heavy atom. The number of carbonyl (C=O) groups is 1. The van der Waals surface area contributed by atoms with Crippen molar-refractivity contribution in [3.8, 4) is 5.75 Å². The van der Waals surface area contributed by atoms with Crippen molar-refractivity contribution in [1.82, 2.24) is 5.32 Å². The lowest BCUT2D eigenvalue weighted by Crippen LogP contribution is -2.41. The van der Waals surface area contributed by atoms with Gasteiger partial charge < -0.3 is 10.1 Å². The van der Waals surface area contributed by atoms with Crippen LogP contribution in [0, 0.1) is 0 Å². The molecule has 1 amide bonds. The summed E-state index contributed by atoms with van der Waals surface area (Å²) in [7, 11) is -3.62. The Kier molecular flexibility index (Phi) is 7.54. The minimum Gasteiger partial charge on any atom is -0.490 e. The summed E-state index contributed by atoms with van der Waals surface area (Å²) in [6.07, 6.45) is 1.08. The molecule has 0 spiro atoms. The zero-order valence-corrected chi connectivity index (χ0v) is 18.7. The number of nitrogens with one attached hydrogen (secondary N) is 1. The zero-order valence-electron chi connectivity index (χ0n) is 17.1. The quantitative estimate of drug-likeness (QED) is 0.639. The van der Waals surface area contributed by atoms with E-state index in [-0.39, 0.29) is 25.1 Å². The maximum atomic E-state index is 12.3. The van der Waals surface area contributed by atoms with Gasteiger partial charge >= 0.3 is 0 Å². The first-order chi connectivity index (χ1) is 13.5. The summed E-state index contributed by atoms with van der Waals surface area (Å²) in [5.41, 5.74) is 1.48. The summed E-state index contributed by atoms with van der Waals surface area (Å²) in [5, 5.41) is 3.15. The van der Waals surface area contributed by atoms with Crippen molar-refractivity contribution >= 4 is 33.2 Å². The van der Waals surface area contributed by atoms with E-state index in [4.69, 9.17) is 16.3 Å². The van der Waals surface area contributed by atoms with E-state index in [2.05, 4.69) is 26.1 Å². The predicted molar refractivity (Wildman–Crippen MR) is 117 cm³/mol. The number of sulfonamides is 1. The normalized spacial score (nSPS) is 11.8. The monoisotopic (exact) mass is 438 g/mol. The predicted octanol–water partition coefficient (Wildman–Crippen LogP) is 3.60. The molecule has 0 heterocycles. The first-order valence-electron chi connectivity index (χ1n) is 9.21. The van der Waals surface area contributed by atoms with Gasteiger partial charge in [-0.15, -0.1) is 0 Å². The Labute approximate surface area is 177 Å². The number of halogens is 1. The topological polar surface area (TPSA) is 75.7 Å². The van der Waals surface area contributed by atoms with E-state index < -0.39 is 15.9 Å². The second-order valence-corrected chi connectivity index (χ2v) is 10.0. The second-order valence-electron chi connectivity index (χ2n) is 7.70. The molecule has 1 N–H and O–H groups in total. The highest BCUT2D eigenvalue weighted by Gasteiger charge is 2.22. The number of para-hydroxylation sites is 1. The van der Waals surface area contributed by atoms with Crippen molar-refractivity contribution in [3.05, 3.63) is 59.1 Å². The van der Waals surface area contributed by atoms with Crippen molar-refractivity contribution in [2.75, 3.05) is 30.3 Å². The largest absolute Gasteiger partial charge is 0.490 e. The number of rotatable bonds is 8. The average Bonchev–Trinajstić information content (AvgIpc) is 2.63. The van der Waals surface area contributed by atoms with Crippen LogP contribution in [0.5, 0.6) is 5.75 Å². The fourth-order valence-corrected chi connectivity index (χ4v) is 3.67. The van der Waals surface area contributed by atoms with Gasteiger partial charge in [0, 0.05) is 0 Å². The van der Waals surface area contributed by atoms with E-state index in [9.17, 15) is 13.2 Å². The van der Waals surface area contributed by atoms with E-state index >= 15 is 0 Å². The van der Waals surface area contributed by atoms with Gasteiger partial charge in [0.25, 0.3) is 0 Å². The summed E-state index contributed by atoms with van der Waals surface area (Å²) in [4.78, 5) is 12.3. The van der Waals surface area contributed by atoms with E-state index in [0.717, 1.165) is 16.1 Å². The number of ether oxygens (including phenoxy) is 1. The van der Waals surface area contributed by atoms with Gasteiger partial charge in [-0.3, -0.25) is 9.10 Å². The molecule has 0 aliphatic rings. The molecule has 0 unspecified atom stereocenters. The van der Waals surface area contributed by atoms with Crippen LogP contribution in [-0.4, -0.2) is 40.3 Å². The lowest BCUT2D eigenvalue weighted by atomic mass is 9.87. The smallest absolute Gasteiger partial charge is 0.240 e. The van der Waals surface area contributed by atoms with E-state index in [1.807, 2.05) is 12.1 Å². The van der Waals surface area contributed by atoms with Gasteiger partial charge in [-0.2, -0.15) is 0 Å². The van der Waals surface area contributed by atoms with Crippen molar-refractivity contribution in [1.29, 1.82) is 0 Å². The summed E-state index contributed by atoms with van der Waals surface area (Å²) in [5.74, 6) is 0.109. The maximum absolute atomic E-state index is 12.3. The van der Waals surface area contributed by atoms with Gasteiger partial charge in [-0.1, -0.05) is 56.6 Å². The van der Waals surface area contributed by atoms with E-state index in [0.29, 0.717) is 16.5 Å². The Bertz CT molecular complexity index is 938. The van der Waals surface area contributed by atoms with Crippen LogP contribution >= 0.6 is 11.6 Å². The Hall–Kier alpha value is -2.25. The molecule has 0 aliphatic carbocycles. The van der Waals surface area contributed by atoms with Gasteiger partial charge in [-0.25, -0.2) is 8.42 Å². The summed E-state index contributed by atoms with van der Waals surface area (Å²) in [6, 6.07) is 14.2. The summed E-state index contributed by atoms with van der Waals surface area (Å²) in [6.45, 7) is 6.37. The number of anilines is 1. The number of hydrogen-bond donors (Lipinski definition) is 1. The highest BCUT2D eigenvalue weighted by Crippen LogP contribution is 2.26. The molecule has 8 heteroatoms. The average molecular weight is 439 g/mol. The van der Waals surface area contributed by atoms with Gasteiger partial charge in [0.15, 0.2) is 0 Å². The molecular weight excluding hydrogens is 412 g/mol. The Morgan fingerprint density at radius 1 is 1.10 bits per heavy atom. The number of nitrogens with zero attached hydrogens (tertiary/aromatic N) is 1. The molecule has 0 atom stereocenters. The van der Waals surface area contributed by atoms with Crippen molar-refractivity contribution in [3.63, 3.8) is 0 Å². The summed E-state index contributed by atoms with van der Waals surface area (Å²) < 4.78 is 31.0. The number of hydrogen-bond acceptors (Lipinski definition) is 4. The maximum Gasteiger partial charge on any atom is 0.240 e. The third-order valence-electron chi connectivity index (χ3n) is 4.23. The van der Waals surface area contributed by atoms with E-state index in [1.54, 1.807) is 36.4 Å². The third kappa shape index (κ3) is 6.94.